The predicted octanol–water partition coefficient (Wildman–Crippen LogP) is 1.73. The summed E-state index contributed by atoms with van der Waals surface area (Å²) in [6, 6.07) is 15.8. The number of ether oxygens (including phenoxy) is 3. The molecule has 2 N–H and O–H groups in total. The lowest BCUT2D eigenvalue weighted by atomic mass is 9.78. The summed E-state index contributed by atoms with van der Waals surface area (Å²) in [7, 11) is 2.77. The second kappa shape index (κ2) is 5.37. The number of para-hydroxylation sites is 1. The van der Waals surface area contributed by atoms with Crippen molar-refractivity contribution in [1.29, 1.82) is 0 Å². The molecule has 0 aromatic heterocycles. The minimum absolute atomic E-state index is 0.350. The summed E-state index contributed by atoms with van der Waals surface area (Å²) in [4.78, 5) is 0. The van der Waals surface area contributed by atoms with Crippen LogP contribution >= 0.6 is 0 Å². The van der Waals surface area contributed by atoms with Crippen LogP contribution in [0.2, 0.25) is 0 Å². The number of fused-ring (bicyclic) bond motifs is 1. The molecule has 5 nitrogen and oxygen atoms in total. The van der Waals surface area contributed by atoms with E-state index in [1.54, 1.807) is 48.5 Å². The van der Waals surface area contributed by atoms with E-state index in [4.69, 9.17) is 14.2 Å². The van der Waals surface area contributed by atoms with Gasteiger partial charge in [0.1, 0.15) is 5.75 Å². The topological polar surface area (TPSA) is 68.2 Å². The SMILES string of the molecule is COC1(O)c2ccccc2OC(O)C1(OC)c1ccccc1. The molecular formula is C17H18O5. The van der Waals surface area contributed by atoms with Crippen LogP contribution in [-0.4, -0.2) is 30.7 Å². The van der Waals surface area contributed by atoms with Crippen LogP contribution < -0.4 is 4.74 Å². The van der Waals surface area contributed by atoms with Crippen molar-refractivity contribution in [2.45, 2.75) is 17.7 Å². The van der Waals surface area contributed by atoms with Gasteiger partial charge in [0, 0.05) is 14.2 Å². The molecule has 2 aromatic rings. The molecular weight excluding hydrogens is 284 g/mol. The minimum Gasteiger partial charge on any atom is -0.461 e. The third-order valence-electron chi connectivity index (χ3n) is 4.16. The Hall–Kier alpha value is -1.92. The van der Waals surface area contributed by atoms with Crippen LogP contribution in [0.5, 0.6) is 5.75 Å². The van der Waals surface area contributed by atoms with Crippen molar-refractivity contribution in [3.63, 3.8) is 0 Å². The van der Waals surface area contributed by atoms with E-state index in [0.29, 0.717) is 16.9 Å². The van der Waals surface area contributed by atoms with Crippen molar-refractivity contribution >= 4 is 0 Å². The first-order valence-electron chi connectivity index (χ1n) is 6.92. The van der Waals surface area contributed by atoms with Gasteiger partial charge in [0.15, 0.2) is 0 Å². The molecule has 0 aliphatic carbocycles. The average molecular weight is 302 g/mol. The Labute approximate surface area is 128 Å². The summed E-state index contributed by atoms with van der Waals surface area (Å²) in [5.74, 6) is -1.56. The highest BCUT2D eigenvalue weighted by Gasteiger charge is 2.64. The van der Waals surface area contributed by atoms with Crippen molar-refractivity contribution in [2.24, 2.45) is 0 Å². The molecule has 0 saturated heterocycles. The van der Waals surface area contributed by atoms with Crippen LogP contribution in [0.3, 0.4) is 0 Å². The Morgan fingerprint density at radius 3 is 2.23 bits per heavy atom. The number of hydrogen-bond donors (Lipinski definition) is 2. The molecule has 2 aromatic carbocycles. The molecule has 5 heteroatoms. The monoisotopic (exact) mass is 302 g/mol. The Morgan fingerprint density at radius 1 is 0.955 bits per heavy atom. The third kappa shape index (κ3) is 1.80. The second-order valence-corrected chi connectivity index (χ2v) is 5.12. The normalized spacial score (nSPS) is 30.5. The van der Waals surface area contributed by atoms with E-state index in [9.17, 15) is 10.2 Å². The fourth-order valence-electron chi connectivity index (χ4n) is 3.06. The van der Waals surface area contributed by atoms with Crippen molar-refractivity contribution in [2.75, 3.05) is 14.2 Å². The maximum atomic E-state index is 11.3. The maximum absolute atomic E-state index is 11.3. The van der Waals surface area contributed by atoms with Gasteiger partial charge in [-0.05, 0) is 17.7 Å². The van der Waals surface area contributed by atoms with Crippen molar-refractivity contribution in [3.05, 3.63) is 65.7 Å². The van der Waals surface area contributed by atoms with Crippen LogP contribution in [0.25, 0.3) is 0 Å². The van der Waals surface area contributed by atoms with Gasteiger partial charge in [0.05, 0.1) is 5.56 Å². The lowest BCUT2D eigenvalue weighted by molar-refractivity contribution is -0.372. The van der Waals surface area contributed by atoms with Crippen LogP contribution in [0, 0.1) is 0 Å². The summed E-state index contributed by atoms with van der Waals surface area (Å²) in [5, 5.41) is 21.9. The number of aliphatic hydroxyl groups excluding tert-OH is 1. The quantitative estimate of drug-likeness (QED) is 0.845. The zero-order valence-corrected chi connectivity index (χ0v) is 12.4. The zero-order chi connectivity index (χ0) is 15.8. The van der Waals surface area contributed by atoms with E-state index >= 15 is 0 Å². The highest BCUT2D eigenvalue weighted by atomic mass is 16.7. The van der Waals surface area contributed by atoms with Gasteiger partial charge in [-0.3, -0.25) is 0 Å². The highest BCUT2D eigenvalue weighted by molar-refractivity contribution is 5.44. The molecule has 0 bridgehead atoms. The maximum Gasteiger partial charge on any atom is 0.236 e. The molecule has 3 rings (SSSR count). The van der Waals surface area contributed by atoms with Gasteiger partial charge < -0.3 is 24.4 Å². The summed E-state index contributed by atoms with van der Waals surface area (Å²) in [6.45, 7) is 0. The molecule has 1 aliphatic rings. The molecule has 0 amide bonds. The standard InChI is InChI=1S/C17H18O5/c1-20-16(12-8-4-3-5-9-12)15(18)22-14-11-7-6-10-13(14)17(16,19)21-2/h3-11,15,18-19H,1-2H3. The smallest absolute Gasteiger partial charge is 0.236 e. The van der Waals surface area contributed by atoms with Gasteiger partial charge in [-0.2, -0.15) is 0 Å². The van der Waals surface area contributed by atoms with E-state index in [1.807, 2.05) is 6.07 Å². The molecule has 0 fully saturated rings. The van der Waals surface area contributed by atoms with Crippen molar-refractivity contribution < 1.29 is 24.4 Å². The first-order valence-corrected chi connectivity index (χ1v) is 6.92. The Morgan fingerprint density at radius 2 is 1.59 bits per heavy atom. The molecule has 116 valence electrons. The van der Waals surface area contributed by atoms with Gasteiger partial charge in [0.25, 0.3) is 0 Å². The molecule has 0 spiro atoms. The Bertz CT molecular complexity index is 659. The summed E-state index contributed by atoms with van der Waals surface area (Å²) >= 11 is 0. The van der Waals surface area contributed by atoms with Crippen LogP contribution in [0.15, 0.2) is 54.6 Å². The fourth-order valence-corrected chi connectivity index (χ4v) is 3.06. The van der Waals surface area contributed by atoms with Gasteiger partial charge in [-0.1, -0.05) is 42.5 Å². The van der Waals surface area contributed by atoms with Crippen LogP contribution in [0.1, 0.15) is 11.1 Å². The van der Waals surface area contributed by atoms with Crippen molar-refractivity contribution in [3.8, 4) is 5.75 Å². The number of hydrogen-bond acceptors (Lipinski definition) is 5. The van der Waals surface area contributed by atoms with E-state index in [-0.39, 0.29) is 0 Å². The molecule has 3 unspecified atom stereocenters. The number of aliphatic hydroxyl groups is 2. The first kappa shape index (κ1) is 15.0. The summed E-state index contributed by atoms with van der Waals surface area (Å²) in [6.07, 6.45) is -1.44. The zero-order valence-electron chi connectivity index (χ0n) is 12.4. The van der Waals surface area contributed by atoms with Gasteiger partial charge in [-0.25, -0.2) is 0 Å². The third-order valence-corrected chi connectivity index (χ3v) is 4.16. The van der Waals surface area contributed by atoms with E-state index in [0.717, 1.165) is 0 Å². The average Bonchev–Trinajstić information content (AvgIpc) is 2.56. The molecule has 22 heavy (non-hydrogen) atoms. The van der Waals surface area contributed by atoms with E-state index in [1.165, 1.54) is 14.2 Å². The lowest BCUT2D eigenvalue weighted by Gasteiger charge is -2.50. The minimum atomic E-state index is -1.91. The molecule has 1 heterocycles. The van der Waals surface area contributed by atoms with E-state index in [2.05, 4.69) is 0 Å². The predicted molar refractivity (Wildman–Crippen MR) is 79.1 cm³/mol. The van der Waals surface area contributed by atoms with Crippen LogP contribution in [-0.2, 0) is 20.9 Å². The number of methoxy groups -OCH3 is 2. The number of rotatable bonds is 3. The van der Waals surface area contributed by atoms with Gasteiger partial charge in [0.2, 0.25) is 17.7 Å². The van der Waals surface area contributed by atoms with Gasteiger partial charge >= 0.3 is 0 Å². The molecule has 3 atom stereocenters. The molecule has 0 radical (unpaired) electrons. The largest absolute Gasteiger partial charge is 0.461 e. The Kier molecular flexibility index (Phi) is 3.66. The second-order valence-electron chi connectivity index (χ2n) is 5.12. The lowest BCUT2D eigenvalue weighted by Crippen LogP contribution is -2.63. The number of benzene rings is 2. The fraction of sp³-hybridized carbons (Fsp3) is 0.294. The molecule has 0 saturated carbocycles. The summed E-state index contributed by atoms with van der Waals surface area (Å²) in [5.41, 5.74) is -0.672. The molecule has 1 aliphatic heterocycles. The summed E-state index contributed by atoms with van der Waals surface area (Å²) < 4.78 is 16.6. The van der Waals surface area contributed by atoms with E-state index < -0.39 is 17.7 Å². The first-order chi connectivity index (χ1) is 10.6. The Balaban J connectivity index is 2.30. The van der Waals surface area contributed by atoms with Crippen molar-refractivity contribution in [1.82, 2.24) is 0 Å². The highest BCUT2D eigenvalue weighted by Crippen LogP contribution is 2.52. The van der Waals surface area contributed by atoms with Crippen LogP contribution in [0.4, 0.5) is 0 Å². The van der Waals surface area contributed by atoms with Gasteiger partial charge in [-0.15, -0.1) is 0 Å².